The van der Waals surface area contributed by atoms with Gasteiger partial charge in [-0.15, -0.1) is 10.2 Å². The maximum absolute atomic E-state index is 13.5. The summed E-state index contributed by atoms with van der Waals surface area (Å²) in [6.45, 7) is 3.60. The molecule has 110 valence electrons. The standard InChI is InChI=1S/C14H12Cl2FN3O/c1-7-3-9(4-8(2)12(7)17)6-18-14(21)10-5-11(15)19-20-13(10)16/h3-5H,6H2,1-2H3,(H,18,21). The minimum Gasteiger partial charge on any atom is -0.348 e. The Labute approximate surface area is 131 Å². The molecule has 1 N–H and O–H groups in total. The van der Waals surface area contributed by atoms with Crippen molar-refractivity contribution < 1.29 is 9.18 Å². The van der Waals surface area contributed by atoms with E-state index in [1.165, 1.54) is 6.07 Å². The zero-order chi connectivity index (χ0) is 15.6. The molecule has 0 bridgehead atoms. The van der Waals surface area contributed by atoms with E-state index >= 15 is 0 Å². The number of nitrogens with one attached hydrogen (secondary N) is 1. The van der Waals surface area contributed by atoms with Crippen LogP contribution in [0.1, 0.15) is 27.0 Å². The van der Waals surface area contributed by atoms with Crippen molar-refractivity contribution in [1.82, 2.24) is 15.5 Å². The second kappa shape index (κ2) is 6.37. The van der Waals surface area contributed by atoms with Crippen LogP contribution in [0.5, 0.6) is 0 Å². The summed E-state index contributed by atoms with van der Waals surface area (Å²) in [5.41, 5.74) is 2.01. The van der Waals surface area contributed by atoms with Gasteiger partial charge in [0.2, 0.25) is 0 Å². The van der Waals surface area contributed by atoms with Crippen LogP contribution >= 0.6 is 23.2 Å². The second-order valence-corrected chi connectivity index (χ2v) is 5.34. The monoisotopic (exact) mass is 327 g/mol. The number of halogens is 3. The summed E-state index contributed by atoms with van der Waals surface area (Å²) >= 11 is 11.5. The molecule has 1 aromatic carbocycles. The molecular weight excluding hydrogens is 316 g/mol. The average molecular weight is 328 g/mol. The van der Waals surface area contributed by atoms with Crippen LogP contribution in [0.25, 0.3) is 0 Å². The molecule has 1 amide bonds. The summed E-state index contributed by atoms with van der Waals surface area (Å²) in [5.74, 6) is -0.658. The molecule has 0 unspecified atom stereocenters. The van der Waals surface area contributed by atoms with E-state index in [0.717, 1.165) is 5.56 Å². The van der Waals surface area contributed by atoms with Crippen molar-refractivity contribution in [1.29, 1.82) is 0 Å². The van der Waals surface area contributed by atoms with E-state index in [1.807, 2.05) is 0 Å². The lowest BCUT2D eigenvalue weighted by molar-refractivity contribution is 0.0950. The molecule has 0 aliphatic heterocycles. The number of nitrogens with zero attached hydrogens (tertiary/aromatic N) is 2. The van der Waals surface area contributed by atoms with Gasteiger partial charge in [-0.25, -0.2) is 4.39 Å². The van der Waals surface area contributed by atoms with Crippen LogP contribution in [0.2, 0.25) is 10.3 Å². The fourth-order valence-corrected chi connectivity index (χ4v) is 2.25. The number of rotatable bonds is 3. The third-order valence-electron chi connectivity index (χ3n) is 2.91. The Hall–Kier alpha value is -1.72. The first-order chi connectivity index (χ1) is 9.88. The molecule has 0 saturated heterocycles. The van der Waals surface area contributed by atoms with Gasteiger partial charge in [-0.05, 0) is 36.6 Å². The van der Waals surface area contributed by atoms with Crippen LogP contribution < -0.4 is 5.32 Å². The third-order valence-corrected chi connectivity index (χ3v) is 3.38. The number of carbonyl (C=O) groups excluding carboxylic acids is 1. The van der Waals surface area contributed by atoms with Crippen molar-refractivity contribution in [2.45, 2.75) is 20.4 Å². The Morgan fingerprint density at radius 2 is 1.81 bits per heavy atom. The topological polar surface area (TPSA) is 54.9 Å². The van der Waals surface area contributed by atoms with Gasteiger partial charge in [0.15, 0.2) is 10.3 Å². The quantitative estimate of drug-likeness (QED) is 0.939. The van der Waals surface area contributed by atoms with Gasteiger partial charge in [-0.2, -0.15) is 0 Å². The fraction of sp³-hybridized carbons (Fsp3) is 0.214. The van der Waals surface area contributed by atoms with Gasteiger partial charge in [0.05, 0.1) is 5.56 Å². The van der Waals surface area contributed by atoms with Crippen molar-refractivity contribution in [3.8, 4) is 0 Å². The number of aromatic nitrogens is 2. The lowest BCUT2D eigenvalue weighted by Gasteiger charge is -2.09. The molecule has 1 aromatic heterocycles. The zero-order valence-electron chi connectivity index (χ0n) is 11.4. The van der Waals surface area contributed by atoms with Crippen molar-refractivity contribution in [3.05, 3.63) is 56.6 Å². The summed E-state index contributed by atoms with van der Waals surface area (Å²) in [7, 11) is 0. The molecule has 0 radical (unpaired) electrons. The Morgan fingerprint density at radius 3 is 2.43 bits per heavy atom. The highest BCUT2D eigenvalue weighted by atomic mass is 35.5. The second-order valence-electron chi connectivity index (χ2n) is 4.60. The van der Waals surface area contributed by atoms with Gasteiger partial charge in [-0.1, -0.05) is 35.3 Å². The smallest absolute Gasteiger partial charge is 0.254 e. The first-order valence-corrected chi connectivity index (χ1v) is 6.86. The van der Waals surface area contributed by atoms with Crippen LogP contribution in [0.3, 0.4) is 0 Å². The van der Waals surface area contributed by atoms with E-state index < -0.39 is 5.91 Å². The van der Waals surface area contributed by atoms with Gasteiger partial charge in [0, 0.05) is 6.54 Å². The molecule has 0 spiro atoms. The largest absolute Gasteiger partial charge is 0.348 e. The van der Waals surface area contributed by atoms with Crippen molar-refractivity contribution >= 4 is 29.1 Å². The molecule has 2 aromatic rings. The van der Waals surface area contributed by atoms with Gasteiger partial charge < -0.3 is 5.32 Å². The molecule has 0 aliphatic carbocycles. The number of amides is 1. The lowest BCUT2D eigenvalue weighted by Crippen LogP contribution is -2.23. The van der Waals surface area contributed by atoms with Gasteiger partial charge in [0.25, 0.3) is 5.91 Å². The van der Waals surface area contributed by atoms with Gasteiger partial charge >= 0.3 is 0 Å². The SMILES string of the molecule is Cc1cc(CNC(=O)c2cc(Cl)nnc2Cl)cc(C)c1F. The first kappa shape index (κ1) is 15.7. The highest BCUT2D eigenvalue weighted by Crippen LogP contribution is 2.17. The molecule has 0 saturated carbocycles. The van der Waals surface area contributed by atoms with E-state index in [9.17, 15) is 9.18 Å². The molecule has 2 rings (SSSR count). The zero-order valence-corrected chi connectivity index (χ0v) is 12.9. The highest BCUT2D eigenvalue weighted by Gasteiger charge is 2.13. The predicted molar refractivity (Wildman–Crippen MR) is 79.1 cm³/mol. The van der Waals surface area contributed by atoms with E-state index in [1.54, 1.807) is 26.0 Å². The summed E-state index contributed by atoms with van der Waals surface area (Å²) in [6, 6.07) is 4.71. The molecular formula is C14H12Cl2FN3O. The first-order valence-electron chi connectivity index (χ1n) is 6.11. The van der Waals surface area contributed by atoms with Crippen molar-refractivity contribution in [2.75, 3.05) is 0 Å². The molecule has 0 fully saturated rings. The summed E-state index contributed by atoms with van der Waals surface area (Å²) in [5, 5.41) is 9.84. The van der Waals surface area contributed by atoms with E-state index in [0.29, 0.717) is 11.1 Å². The number of hydrogen-bond acceptors (Lipinski definition) is 3. The molecule has 0 aliphatic rings. The van der Waals surface area contributed by atoms with Gasteiger partial charge in [-0.3, -0.25) is 4.79 Å². The normalized spacial score (nSPS) is 10.5. The van der Waals surface area contributed by atoms with E-state index in [-0.39, 0.29) is 28.2 Å². The Bertz CT molecular complexity index is 684. The van der Waals surface area contributed by atoms with Crippen LogP contribution in [-0.4, -0.2) is 16.1 Å². The Kier molecular flexibility index (Phi) is 4.75. The minimum atomic E-state index is -0.420. The molecule has 1 heterocycles. The minimum absolute atomic E-state index is 0.0247. The average Bonchev–Trinajstić information content (AvgIpc) is 2.44. The Balaban J connectivity index is 2.13. The summed E-state index contributed by atoms with van der Waals surface area (Å²) in [4.78, 5) is 12.0. The third kappa shape index (κ3) is 3.68. The summed E-state index contributed by atoms with van der Waals surface area (Å²) < 4.78 is 13.5. The summed E-state index contributed by atoms with van der Waals surface area (Å²) in [6.07, 6.45) is 0. The van der Waals surface area contributed by atoms with Crippen molar-refractivity contribution in [3.63, 3.8) is 0 Å². The lowest BCUT2D eigenvalue weighted by atomic mass is 10.1. The maximum atomic E-state index is 13.5. The van der Waals surface area contributed by atoms with E-state index in [2.05, 4.69) is 15.5 Å². The van der Waals surface area contributed by atoms with Crippen molar-refractivity contribution in [2.24, 2.45) is 0 Å². The van der Waals surface area contributed by atoms with Crippen LogP contribution in [-0.2, 0) is 6.54 Å². The highest BCUT2D eigenvalue weighted by molar-refractivity contribution is 6.34. The maximum Gasteiger partial charge on any atom is 0.254 e. The van der Waals surface area contributed by atoms with Crippen LogP contribution in [0, 0.1) is 19.7 Å². The number of benzene rings is 1. The van der Waals surface area contributed by atoms with E-state index in [4.69, 9.17) is 23.2 Å². The predicted octanol–water partition coefficient (Wildman–Crippen LogP) is 3.47. The van der Waals surface area contributed by atoms with Crippen LogP contribution in [0.4, 0.5) is 4.39 Å². The number of carbonyl (C=O) groups is 1. The molecule has 21 heavy (non-hydrogen) atoms. The van der Waals surface area contributed by atoms with Crippen LogP contribution in [0.15, 0.2) is 18.2 Å². The molecule has 0 atom stereocenters. The number of aryl methyl sites for hydroxylation is 2. The molecule has 7 heteroatoms. The number of hydrogen-bond donors (Lipinski definition) is 1. The molecule has 4 nitrogen and oxygen atoms in total. The fourth-order valence-electron chi connectivity index (χ4n) is 1.93. The Morgan fingerprint density at radius 1 is 1.19 bits per heavy atom. The van der Waals surface area contributed by atoms with Gasteiger partial charge in [0.1, 0.15) is 5.82 Å².